The Kier molecular flexibility index (Phi) is 21.5. The molecule has 44 heteroatoms. The molecule has 2 unspecified atom stereocenters. The van der Waals surface area contributed by atoms with Crippen molar-refractivity contribution in [3.05, 3.63) is 94.3 Å². The SMILES string of the molecule is C#C[C@]1(CO)O[C@@H](N2C=NC3C(N)=NC=NC32)[C@@H](C)[C@@H]1O.C=C[C@]1(CO)O[C@@H](n2cnc3c(=O)[nH]c(N)nc32)[C@@H](C)[C@@H]1O.C=C[C@]1(CO)O[C@@H](n2cnc3c(=O)[nH]cnc32)[C@@H](C)[C@@H]1O.C[C@@H]1[C@H](n2cnc3c(=O)[nH]c(N)nc32)O[C@](C#N)(CO)[C@H]1O.C[C@@H]1[C@H](n2cnc3c(N)ncnc32)O[C@](C#N)(CO)[C@H]1O. The number of terminal acetylenes is 1. The highest BCUT2D eigenvalue weighted by molar-refractivity contribution is 5.96. The molecule has 21 N–H and O–H groups in total. The molecule has 22 atom stereocenters. The van der Waals surface area contributed by atoms with Gasteiger partial charge in [0.2, 0.25) is 23.1 Å². The van der Waals surface area contributed by atoms with E-state index in [1.807, 2.05) is 6.07 Å². The molecule has 0 amide bonds. The number of imidazole rings is 4. The number of nitrogens with two attached hydrogens (primary N) is 4. The predicted molar refractivity (Wildman–Crippen MR) is 372 cm³/mol. The summed E-state index contributed by atoms with van der Waals surface area (Å²) >= 11 is 0. The van der Waals surface area contributed by atoms with Crippen LogP contribution >= 0.6 is 0 Å². The maximum Gasteiger partial charge on any atom is 0.280 e. The van der Waals surface area contributed by atoms with E-state index in [1.54, 1.807) is 61.1 Å². The van der Waals surface area contributed by atoms with Crippen molar-refractivity contribution in [2.75, 3.05) is 50.2 Å². The molecule has 15 rings (SSSR count). The lowest BCUT2D eigenvalue weighted by atomic mass is 9.91. The minimum absolute atomic E-state index is 0.0393. The minimum atomic E-state index is -1.73. The van der Waals surface area contributed by atoms with Gasteiger partial charge >= 0.3 is 0 Å². The smallest absolute Gasteiger partial charge is 0.280 e. The Morgan fingerprint density at radius 1 is 0.533 bits per heavy atom. The van der Waals surface area contributed by atoms with Crippen LogP contribution < -0.4 is 39.6 Å². The second-order valence-corrected chi connectivity index (χ2v) is 26.3. The third-order valence-corrected chi connectivity index (χ3v) is 20.1. The lowest BCUT2D eigenvalue weighted by molar-refractivity contribution is -0.104. The van der Waals surface area contributed by atoms with Gasteiger partial charge in [-0.3, -0.25) is 47.6 Å². The number of anilines is 3. The van der Waals surface area contributed by atoms with Gasteiger partial charge in [0, 0.05) is 29.6 Å². The van der Waals surface area contributed by atoms with E-state index in [0.29, 0.717) is 22.6 Å². The largest absolute Gasteiger partial charge is 0.393 e. The molecule has 0 radical (unpaired) electrons. The number of nitrogens with one attached hydrogen (secondary N) is 3. The van der Waals surface area contributed by atoms with Crippen LogP contribution in [0, 0.1) is 64.6 Å². The van der Waals surface area contributed by atoms with Crippen molar-refractivity contribution < 1.29 is 74.7 Å². The zero-order valence-corrected chi connectivity index (χ0v) is 57.7. The van der Waals surface area contributed by atoms with Crippen LogP contribution in [0.4, 0.5) is 17.7 Å². The fourth-order valence-corrected chi connectivity index (χ4v) is 13.7. The monoisotopic (exact) mass is 1490 g/mol. The standard InChI is InChI=1S/C13H17N5O4.C13H17N5O3.C13H16N4O4.C12H14N6O4.C12H14N6O3/c1-3-13(4-19)8(20)6(2)11(22-13)18-5-15-7-9(18)16-12(14)17-10(7)21;1-3-13(4-19)9(20)7(2)12(21-13)18-6-17-8-10(14)15-5-16-11(8)18;1-3-13(4-18)9(19)7(2)12(21-13)17-6-16-8-10(17)14-5-15-11(8)20;1-5-7(20)12(2-13,3-19)22-10(5)18-4-15-6-8(18)16-11(14)17-9(6)21;1-6-8(20)12(2-13,3-19)21-11(6)18-5-17-7-9(14)15-4-16-10(7)18/h3,5-6,8,11,19-20H,1,4H2,2H3,(H3,14,16,17,21);1,5-9,11-12,19-20H,4H2,2H3,(H2,14,15,16);3,5-7,9,12,18-19H,1,4H2,2H3,(H,14,15,20);4-5,7,10,19-20H,3H2,1H3,(H3,14,16,17,21);4-6,8,11,19-20H,3H2,1H3,(H2,14,15,16)/t6-,8-,11+,13+;7-,8?,9-,11?,12+,13+;7-,9-,12+,13+;5-,7-,10+,12+;6-,8-,11+,12+/m00000/s1. The molecular formula is C63H78N26O18. The fourth-order valence-electron chi connectivity index (χ4n) is 13.7. The molecule has 8 aromatic heterocycles. The van der Waals surface area contributed by atoms with Gasteiger partial charge in [-0.25, -0.2) is 44.9 Å². The number of nitrogen functional groups attached to an aromatic ring is 3. The maximum absolute atomic E-state index is 11.8. The minimum Gasteiger partial charge on any atom is -0.393 e. The number of aliphatic imine (C=N–C) groups is 3. The van der Waals surface area contributed by atoms with Gasteiger partial charge < -0.3 is 108 Å². The van der Waals surface area contributed by atoms with E-state index in [0.717, 1.165) is 0 Å². The number of nitriles is 2. The number of amidine groups is 1. The number of hydrogen-bond donors (Lipinski definition) is 17. The van der Waals surface area contributed by atoms with Gasteiger partial charge in [0.1, 0.15) is 103 Å². The summed E-state index contributed by atoms with van der Waals surface area (Å²) in [5.74, 6) is 0.829. The summed E-state index contributed by atoms with van der Waals surface area (Å²) in [6, 6.07) is 3.28. The highest BCUT2D eigenvalue weighted by Crippen LogP contribution is 2.47. The highest BCUT2D eigenvalue weighted by Gasteiger charge is 2.59. The summed E-state index contributed by atoms with van der Waals surface area (Å²) in [7, 11) is 0. The second kappa shape index (κ2) is 29.8. The molecule has 8 aromatic rings. The normalized spacial score (nSPS) is 34.5. The Morgan fingerprint density at radius 2 is 0.935 bits per heavy atom. The van der Waals surface area contributed by atoms with Crippen molar-refractivity contribution in [1.82, 2.24) is 83.0 Å². The molecule has 5 fully saturated rings. The zero-order chi connectivity index (χ0) is 77.7. The number of ether oxygens (including phenoxy) is 5. The van der Waals surface area contributed by atoms with E-state index >= 15 is 0 Å². The highest BCUT2D eigenvalue weighted by atomic mass is 16.6. The number of aliphatic hydroxyl groups excluding tert-OH is 10. The third kappa shape index (κ3) is 12.8. The summed E-state index contributed by atoms with van der Waals surface area (Å²) < 4.78 is 34.7. The fraction of sp³-hybridized carbons (Fsp3) is 0.508. The first kappa shape index (κ1) is 77.1. The third-order valence-electron chi connectivity index (χ3n) is 20.1. The first-order valence-corrected chi connectivity index (χ1v) is 32.8. The van der Waals surface area contributed by atoms with Gasteiger partial charge in [-0.1, -0.05) is 52.7 Å². The number of rotatable bonds is 12. The Labute approximate surface area is 603 Å². The quantitative estimate of drug-likeness (QED) is 0.0401. The van der Waals surface area contributed by atoms with E-state index < -0.39 is 139 Å². The summed E-state index contributed by atoms with van der Waals surface area (Å²) in [4.78, 5) is 92.9. The molecule has 568 valence electrons. The molecule has 0 spiro atoms. The summed E-state index contributed by atoms with van der Waals surface area (Å²) in [6.45, 7) is 13.4. The number of aromatic amines is 3. The van der Waals surface area contributed by atoms with Gasteiger partial charge in [-0.15, -0.1) is 19.6 Å². The van der Waals surface area contributed by atoms with Crippen LogP contribution in [0.3, 0.4) is 0 Å². The number of fused-ring (bicyclic) bond motifs is 5. The molecule has 15 heterocycles. The Balaban J connectivity index is 0.000000133. The molecule has 44 nitrogen and oxygen atoms in total. The van der Waals surface area contributed by atoms with E-state index in [4.69, 9.17) is 53.0 Å². The van der Waals surface area contributed by atoms with Crippen LogP contribution in [-0.2, 0) is 23.7 Å². The van der Waals surface area contributed by atoms with Crippen molar-refractivity contribution in [3.63, 3.8) is 0 Å². The Bertz CT molecular complexity index is 5080. The van der Waals surface area contributed by atoms with Gasteiger partial charge in [-0.2, -0.15) is 20.5 Å². The zero-order valence-electron chi connectivity index (χ0n) is 57.7. The Hall–Kier alpha value is -11.0. The molecule has 0 aromatic carbocycles. The topological polar surface area (TPSA) is 675 Å². The van der Waals surface area contributed by atoms with Gasteiger partial charge in [-0.05, 0) is 0 Å². The molecule has 0 bridgehead atoms. The first-order chi connectivity index (χ1) is 51.0. The molecule has 7 aliphatic rings. The van der Waals surface area contributed by atoms with Crippen molar-refractivity contribution >= 4 is 80.9 Å². The van der Waals surface area contributed by atoms with Crippen LogP contribution in [-0.4, -0.2) is 263 Å². The van der Waals surface area contributed by atoms with Gasteiger partial charge in [0.05, 0.1) is 83.2 Å². The number of aliphatic hydroxyl groups is 10. The van der Waals surface area contributed by atoms with Crippen molar-refractivity contribution in [2.24, 2.45) is 50.3 Å². The van der Waals surface area contributed by atoms with Crippen molar-refractivity contribution in [2.45, 2.75) is 136 Å². The molecule has 7 aliphatic heterocycles. The molecule has 0 saturated carbocycles. The number of H-pyrrole nitrogens is 3. The van der Waals surface area contributed by atoms with Crippen molar-refractivity contribution in [1.29, 1.82) is 10.5 Å². The van der Waals surface area contributed by atoms with Crippen LogP contribution in [0.15, 0.2) is 92.6 Å². The molecule has 0 aliphatic carbocycles. The first-order valence-electron chi connectivity index (χ1n) is 32.8. The summed E-state index contributed by atoms with van der Waals surface area (Å²) in [5, 5.41) is 117. The predicted octanol–water partition coefficient (Wildman–Crippen LogP) is -5.48. The van der Waals surface area contributed by atoms with E-state index in [1.165, 1.54) is 65.6 Å². The van der Waals surface area contributed by atoms with E-state index in [2.05, 4.69) is 93.9 Å². The van der Waals surface area contributed by atoms with Crippen LogP contribution in [0.5, 0.6) is 0 Å². The number of nitrogens with zero attached hydrogens (tertiary/aromatic N) is 19. The van der Waals surface area contributed by atoms with Gasteiger partial charge in [0.25, 0.3) is 16.7 Å². The van der Waals surface area contributed by atoms with E-state index in [-0.39, 0.29) is 87.7 Å². The van der Waals surface area contributed by atoms with Crippen LogP contribution in [0.25, 0.3) is 44.7 Å². The second-order valence-electron chi connectivity index (χ2n) is 26.3. The number of aromatic nitrogens is 16. The van der Waals surface area contributed by atoms with Crippen molar-refractivity contribution in [3.8, 4) is 24.5 Å². The summed E-state index contributed by atoms with van der Waals surface area (Å²) in [5.41, 5.74) is 16.1. The van der Waals surface area contributed by atoms with Gasteiger partial charge in [0.15, 0.2) is 56.7 Å². The van der Waals surface area contributed by atoms with Crippen LogP contribution in [0.2, 0.25) is 0 Å². The maximum atomic E-state index is 11.8. The lowest BCUT2D eigenvalue weighted by Gasteiger charge is -2.32. The van der Waals surface area contributed by atoms with Crippen LogP contribution in [0.1, 0.15) is 59.5 Å². The summed E-state index contributed by atoms with van der Waals surface area (Å²) in [6.07, 6.45) is 10.5. The Morgan fingerprint density at radius 3 is 1.35 bits per heavy atom. The molecular weight excluding hydrogens is 1410 g/mol. The lowest BCUT2D eigenvalue weighted by Crippen LogP contribution is -2.49. The average Bonchev–Trinajstić information content (AvgIpc) is 1.63. The molecule has 107 heavy (non-hydrogen) atoms. The number of hydrogen-bond acceptors (Lipinski definition) is 37. The molecule has 5 saturated heterocycles. The van der Waals surface area contributed by atoms with E-state index in [9.17, 15) is 76.0 Å². The average molecular weight is 1490 g/mol.